The average Bonchev–Trinajstić information content (AvgIpc) is 3.23. The lowest BCUT2D eigenvalue weighted by atomic mass is 9.41. The molecule has 1 unspecified atom stereocenters. The number of esters is 3. The van der Waals surface area contributed by atoms with Crippen molar-refractivity contribution in [3.63, 3.8) is 0 Å². The highest BCUT2D eigenvalue weighted by Gasteiger charge is 2.78. The Morgan fingerprint density at radius 3 is 1.95 bits per heavy atom. The van der Waals surface area contributed by atoms with Crippen LogP contribution in [0.3, 0.4) is 0 Å². The molecule has 3 fully saturated rings. The molecule has 2 bridgehead atoms. The first-order valence-corrected chi connectivity index (χ1v) is 20.3. The molecule has 1 amide bonds. The molecule has 0 spiro atoms. The lowest BCUT2D eigenvalue weighted by molar-refractivity contribution is -0.306. The van der Waals surface area contributed by atoms with Crippen LogP contribution in [0.1, 0.15) is 86.7 Å². The van der Waals surface area contributed by atoms with Crippen LogP contribution in [0.4, 0.5) is 0 Å². The molecule has 3 aromatic rings. The van der Waals surface area contributed by atoms with Crippen molar-refractivity contribution in [1.82, 2.24) is 5.32 Å². The monoisotopic (exact) mass is 837 g/mol. The van der Waals surface area contributed by atoms with Crippen molar-refractivity contribution in [1.29, 1.82) is 0 Å². The van der Waals surface area contributed by atoms with Crippen molar-refractivity contribution < 1.29 is 63.0 Å². The summed E-state index contributed by atoms with van der Waals surface area (Å²) in [6.07, 6.45) is -10.2. The number of fused-ring (bicyclic) bond motifs is 5. The van der Waals surface area contributed by atoms with Gasteiger partial charge in [0.25, 0.3) is 5.91 Å². The van der Waals surface area contributed by atoms with Gasteiger partial charge in [-0.1, -0.05) is 80.6 Å². The van der Waals surface area contributed by atoms with Gasteiger partial charge < -0.3 is 39.6 Å². The Balaban J connectivity index is 1.38. The van der Waals surface area contributed by atoms with Crippen molar-refractivity contribution in [2.45, 2.75) is 103 Å². The Morgan fingerprint density at radius 2 is 1.41 bits per heavy atom. The van der Waals surface area contributed by atoms with Crippen LogP contribution in [0.15, 0.2) is 102 Å². The summed E-state index contributed by atoms with van der Waals surface area (Å²) in [6.45, 7) is 8.29. The minimum absolute atomic E-state index is 0.0159. The van der Waals surface area contributed by atoms with Gasteiger partial charge in [0, 0.05) is 36.7 Å². The molecule has 11 atom stereocenters. The number of rotatable bonds is 10. The highest BCUT2D eigenvalue weighted by molar-refractivity contribution is 5.97. The van der Waals surface area contributed by atoms with Crippen LogP contribution in [0.2, 0.25) is 0 Å². The Labute approximate surface area is 353 Å². The number of ketones is 2. The SMILES string of the molecule is CC(=O)O[C@H]1C(=O)[C@@]2(C)C([C@H](OC(=O)c3ccccc3)[C@]3(O)C[C@H](OC(=O)[C@@H](O)[C@H](NC(=O)c4ccccc4)c4ccccc4)C(C)=C1C3(C)C)[C@]1(C(C)=O)CO[C@@H]1C[C@@H]2O. The second kappa shape index (κ2) is 16.1. The molecular formula is C47H51NO13. The van der Waals surface area contributed by atoms with Crippen molar-refractivity contribution in [3.05, 3.63) is 119 Å². The van der Waals surface area contributed by atoms with E-state index in [1.165, 1.54) is 32.9 Å². The van der Waals surface area contributed by atoms with Gasteiger partial charge in [-0.2, -0.15) is 0 Å². The quantitative estimate of drug-likeness (QED) is 0.129. The number of hydrogen-bond donors (Lipinski definition) is 4. The maximum atomic E-state index is 15.4. The number of amides is 1. The van der Waals surface area contributed by atoms with E-state index in [2.05, 4.69) is 5.32 Å². The molecule has 61 heavy (non-hydrogen) atoms. The fourth-order valence-electron chi connectivity index (χ4n) is 10.4. The maximum Gasteiger partial charge on any atom is 0.338 e. The summed E-state index contributed by atoms with van der Waals surface area (Å²) >= 11 is 0. The van der Waals surface area contributed by atoms with E-state index in [0.717, 1.165) is 6.92 Å². The normalized spacial score (nSPS) is 32.2. The topological polar surface area (TPSA) is 212 Å². The zero-order valence-electron chi connectivity index (χ0n) is 34.8. The van der Waals surface area contributed by atoms with E-state index in [-0.39, 0.29) is 35.3 Å². The number of hydrogen-bond acceptors (Lipinski definition) is 13. The molecule has 4 aliphatic rings. The Kier molecular flexibility index (Phi) is 11.5. The third kappa shape index (κ3) is 6.99. The third-order valence-electron chi connectivity index (χ3n) is 13.9. The summed E-state index contributed by atoms with van der Waals surface area (Å²) in [5.74, 6) is -6.33. The van der Waals surface area contributed by atoms with Crippen molar-refractivity contribution in [2.24, 2.45) is 22.2 Å². The summed E-state index contributed by atoms with van der Waals surface area (Å²) in [5, 5.41) is 40.2. The molecule has 4 N–H and O–H groups in total. The van der Waals surface area contributed by atoms with Crippen molar-refractivity contribution in [3.8, 4) is 0 Å². The number of ether oxygens (including phenoxy) is 4. The molecule has 3 aromatic carbocycles. The molecule has 0 radical (unpaired) electrons. The number of Topliss-reactive ketones (excluding diaryl/α,β-unsaturated/α-hetero) is 2. The number of aliphatic hydroxyl groups excluding tert-OH is 2. The van der Waals surface area contributed by atoms with Crippen LogP contribution in [-0.2, 0) is 38.1 Å². The first-order valence-electron chi connectivity index (χ1n) is 20.3. The van der Waals surface area contributed by atoms with Crippen molar-refractivity contribution >= 4 is 35.4 Å². The zero-order valence-corrected chi connectivity index (χ0v) is 34.8. The van der Waals surface area contributed by atoms with E-state index in [9.17, 15) is 39.3 Å². The van der Waals surface area contributed by atoms with Gasteiger partial charge in [-0.25, -0.2) is 9.59 Å². The second-order valence-corrected chi connectivity index (χ2v) is 17.4. The summed E-state index contributed by atoms with van der Waals surface area (Å²) in [4.78, 5) is 84.4. The minimum Gasteiger partial charge on any atom is -0.456 e. The first kappa shape index (κ1) is 43.5. The lowest BCUT2D eigenvalue weighted by Gasteiger charge is -2.67. The predicted octanol–water partition coefficient (Wildman–Crippen LogP) is 4.01. The van der Waals surface area contributed by atoms with Crippen LogP contribution >= 0.6 is 0 Å². The number of carbonyl (C=O) groups is 6. The Hall–Kier alpha value is -5.54. The van der Waals surface area contributed by atoms with Crippen LogP contribution in [0.5, 0.6) is 0 Å². The largest absolute Gasteiger partial charge is 0.456 e. The molecule has 322 valence electrons. The van der Waals surface area contributed by atoms with E-state index in [0.29, 0.717) is 5.56 Å². The van der Waals surface area contributed by atoms with Crippen LogP contribution in [0.25, 0.3) is 0 Å². The van der Waals surface area contributed by atoms with Gasteiger partial charge in [-0.3, -0.25) is 19.2 Å². The van der Waals surface area contributed by atoms with Gasteiger partial charge in [-0.15, -0.1) is 0 Å². The first-order chi connectivity index (χ1) is 28.8. The smallest absolute Gasteiger partial charge is 0.338 e. The molecule has 1 heterocycles. The summed E-state index contributed by atoms with van der Waals surface area (Å²) in [5.41, 5.74) is -6.65. The third-order valence-corrected chi connectivity index (χ3v) is 13.9. The fourth-order valence-corrected chi connectivity index (χ4v) is 10.4. The average molecular weight is 838 g/mol. The summed E-state index contributed by atoms with van der Waals surface area (Å²) in [6, 6.07) is 23.1. The molecule has 14 heteroatoms. The molecule has 1 aliphatic heterocycles. The lowest BCUT2D eigenvalue weighted by Crippen LogP contribution is -2.79. The summed E-state index contributed by atoms with van der Waals surface area (Å²) < 4.78 is 24.2. The number of aliphatic hydroxyl groups is 3. The fraction of sp³-hybridized carbons (Fsp3) is 0.447. The zero-order chi connectivity index (χ0) is 44.2. The van der Waals surface area contributed by atoms with Gasteiger partial charge in [0.1, 0.15) is 23.6 Å². The number of nitrogens with one attached hydrogen (secondary N) is 1. The molecule has 2 saturated carbocycles. The standard InChI is InChI=1S/C47H51NO13/c1-25-31(60-43(56)36(52)35(28-16-10-7-11-17-28)48-41(54)29-18-12-8-13-19-29)23-47(57)40(61-42(55)30-20-14-9-15-21-30)38-45(6,32(51)22-33-46(38,24-58-33)26(2)49)39(53)37(59-27(3)50)34(25)44(47,4)5/h7-21,31-33,35-38,40,51-52,57H,22-24H2,1-6H3,(H,48,54)/t31-,32-,33+,35+,36-,37+,38?,40-,45+,46-,47+/m0/s1. The van der Waals surface area contributed by atoms with Gasteiger partial charge in [0.2, 0.25) is 0 Å². The van der Waals surface area contributed by atoms with Gasteiger partial charge in [0.05, 0.1) is 41.3 Å². The van der Waals surface area contributed by atoms with E-state index >= 15 is 4.79 Å². The van der Waals surface area contributed by atoms with Gasteiger partial charge in [-0.05, 0) is 61.7 Å². The van der Waals surface area contributed by atoms with E-state index in [1.54, 1.807) is 92.7 Å². The van der Waals surface area contributed by atoms with E-state index in [1.807, 2.05) is 0 Å². The second-order valence-electron chi connectivity index (χ2n) is 17.4. The van der Waals surface area contributed by atoms with Crippen LogP contribution in [-0.4, -0.2) is 99.5 Å². The molecule has 0 aromatic heterocycles. The minimum atomic E-state index is -2.35. The Morgan fingerprint density at radius 1 is 0.836 bits per heavy atom. The number of carbonyl (C=O) groups excluding carboxylic acids is 6. The molecule has 14 nitrogen and oxygen atoms in total. The Bertz CT molecular complexity index is 2260. The molecule has 3 aliphatic carbocycles. The van der Waals surface area contributed by atoms with Gasteiger partial charge >= 0.3 is 17.9 Å². The highest BCUT2D eigenvalue weighted by Crippen LogP contribution is 2.66. The predicted molar refractivity (Wildman–Crippen MR) is 216 cm³/mol. The molecule has 7 rings (SSSR count). The van der Waals surface area contributed by atoms with E-state index < -0.39 is 112 Å². The summed E-state index contributed by atoms with van der Waals surface area (Å²) in [7, 11) is 0. The highest BCUT2D eigenvalue weighted by atomic mass is 16.6. The molecule has 1 saturated heterocycles. The molecular weight excluding hydrogens is 787 g/mol. The van der Waals surface area contributed by atoms with Crippen LogP contribution in [0, 0.1) is 22.2 Å². The maximum absolute atomic E-state index is 15.4. The number of benzene rings is 3. The van der Waals surface area contributed by atoms with E-state index in [4.69, 9.17) is 18.9 Å². The van der Waals surface area contributed by atoms with Crippen molar-refractivity contribution in [2.75, 3.05) is 6.61 Å². The van der Waals surface area contributed by atoms with Gasteiger partial charge in [0.15, 0.2) is 18.0 Å². The van der Waals surface area contributed by atoms with Crippen LogP contribution < -0.4 is 5.32 Å².